The first kappa shape index (κ1) is 13.7. The maximum Gasteiger partial charge on any atom is 0.147 e. The summed E-state index contributed by atoms with van der Waals surface area (Å²) >= 11 is 1.66. The number of nitrogens with zero attached hydrogens (tertiary/aromatic N) is 1. The molecule has 0 aromatic carbocycles. The monoisotopic (exact) mass is 266 g/mol. The average Bonchev–Trinajstić information content (AvgIpc) is 2.69. The van der Waals surface area contributed by atoms with Gasteiger partial charge in [-0.3, -0.25) is 4.79 Å². The van der Waals surface area contributed by atoms with Crippen LogP contribution in [0.3, 0.4) is 0 Å². The summed E-state index contributed by atoms with van der Waals surface area (Å²) in [6.45, 7) is 8.09. The first-order valence-electron chi connectivity index (χ1n) is 6.74. The molecule has 0 aliphatic carbocycles. The molecule has 3 nitrogen and oxygen atoms in total. The molecule has 1 unspecified atom stereocenters. The van der Waals surface area contributed by atoms with E-state index in [2.05, 4.69) is 24.1 Å². The van der Waals surface area contributed by atoms with Crippen LogP contribution < -0.4 is 5.32 Å². The molecule has 100 valence electrons. The Hall–Kier alpha value is -0.740. The lowest BCUT2D eigenvalue weighted by molar-refractivity contribution is -0.129. The Balaban J connectivity index is 2.10. The van der Waals surface area contributed by atoms with E-state index >= 15 is 0 Å². The molecule has 1 N–H and O–H groups in total. The fourth-order valence-corrected chi connectivity index (χ4v) is 3.58. The summed E-state index contributed by atoms with van der Waals surface area (Å²) in [5.74, 6) is 0.367. The average molecular weight is 266 g/mol. The first-order valence-corrected chi connectivity index (χ1v) is 7.56. The zero-order valence-corrected chi connectivity index (χ0v) is 12.3. The second-order valence-electron chi connectivity index (χ2n) is 5.26. The molecule has 2 rings (SSSR count). The van der Waals surface area contributed by atoms with Crippen molar-refractivity contribution in [2.24, 2.45) is 5.41 Å². The van der Waals surface area contributed by atoms with E-state index in [-0.39, 0.29) is 5.41 Å². The van der Waals surface area contributed by atoms with E-state index < -0.39 is 0 Å². The van der Waals surface area contributed by atoms with Crippen LogP contribution in [0.25, 0.3) is 0 Å². The van der Waals surface area contributed by atoms with E-state index in [1.54, 1.807) is 11.3 Å². The Kier molecular flexibility index (Phi) is 4.17. The van der Waals surface area contributed by atoms with Crippen molar-refractivity contribution in [3.05, 3.63) is 15.6 Å². The molecule has 1 saturated heterocycles. The lowest BCUT2D eigenvalue weighted by Gasteiger charge is -2.35. The molecule has 1 aliphatic heterocycles. The highest BCUT2D eigenvalue weighted by Gasteiger charge is 2.37. The third-order valence-corrected chi connectivity index (χ3v) is 5.20. The molecule has 0 bridgehead atoms. The number of rotatable bonds is 4. The quantitative estimate of drug-likeness (QED) is 0.911. The van der Waals surface area contributed by atoms with Crippen LogP contribution in [-0.4, -0.2) is 23.9 Å². The Bertz CT molecular complexity index is 414. The van der Waals surface area contributed by atoms with Gasteiger partial charge in [0, 0.05) is 16.8 Å². The van der Waals surface area contributed by atoms with Crippen molar-refractivity contribution in [2.75, 3.05) is 13.1 Å². The van der Waals surface area contributed by atoms with Crippen LogP contribution in [0.1, 0.15) is 41.8 Å². The molecule has 0 amide bonds. The number of nitrogens with one attached hydrogen (secondary N) is 1. The number of piperidine rings is 1. The number of hydrogen-bond donors (Lipinski definition) is 1. The third-order valence-electron chi connectivity index (χ3n) is 4.13. The van der Waals surface area contributed by atoms with E-state index in [9.17, 15) is 4.79 Å². The number of hydrogen-bond acceptors (Lipinski definition) is 4. The van der Waals surface area contributed by atoms with Crippen molar-refractivity contribution in [3.63, 3.8) is 0 Å². The van der Waals surface area contributed by atoms with E-state index in [4.69, 9.17) is 0 Å². The van der Waals surface area contributed by atoms with Crippen LogP contribution in [0.2, 0.25) is 0 Å². The lowest BCUT2D eigenvalue weighted by Crippen LogP contribution is -2.45. The smallest absolute Gasteiger partial charge is 0.147 e. The minimum atomic E-state index is -0.147. The minimum absolute atomic E-state index is 0.147. The summed E-state index contributed by atoms with van der Waals surface area (Å²) in [7, 11) is 0. The van der Waals surface area contributed by atoms with Crippen molar-refractivity contribution in [2.45, 2.75) is 46.5 Å². The Morgan fingerprint density at radius 3 is 2.78 bits per heavy atom. The standard InChI is InChI=1S/C14H22N2OS/c1-4-14(6-5-7-15-9-14)12(17)8-13-16-10(2)11(3)18-13/h15H,4-9H2,1-3H3. The van der Waals surface area contributed by atoms with Gasteiger partial charge in [-0.25, -0.2) is 4.98 Å². The summed E-state index contributed by atoms with van der Waals surface area (Å²) in [5, 5.41) is 4.35. The Morgan fingerprint density at radius 2 is 2.28 bits per heavy atom. The maximum absolute atomic E-state index is 12.6. The van der Waals surface area contributed by atoms with Crippen molar-refractivity contribution >= 4 is 17.1 Å². The summed E-state index contributed by atoms with van der Waals surface area (Å²) in [6.07, 6.45) is 3.57. The zero-order valence-electron chi connectivity index (χ0n) is 11.5. The summed E-state index contributed by atoms with van der Waals surface area (Å²) in [5.41, 5.74) is 0.918. The number of thiazole rings is 1. The van der Waals surface area contributed by atoms with E-state index in [1.165, 1.54) is 4.88 Å². The molecule has 1 aliphatic rings. The summed E-state index contributed by atoms with van der Waals surface area (Å²) in [4.78, 5) is 18.3. The van der Waals surface area contributed by atoms with Crippen molar-refractivity contribution < 1.29 is 4.79 Å². The molecule has 1 fully saturated rings. The highest BCUT2D eigenvalue weighted by Crippen LogP contribution is 2.33. The fraction of sp³-hybridized carbons (Fsp3) is 0.714. The molecule has 4 heteroatoms. The largest absolute Gasteiger partial charge is 0.316 e. The number of carbonyl (C=O) groups is 1. The molecule has 1 atom stereocenters. The highest BCUT2D eigenvalue weighted by atomic mass is 32.1. The predicted molar refractivity (Wildman–Crippen MR) is 75.1 cm³/mol. The van der Waals surface area contributed by atoms with Gasteiger partial charge in [-0.2, -0.15) is 0 Å². The topological polar surface area (TPSA) is 42.0 Å². The Labute approximate surface area is 113 Å². The molecule has 2 heterocycles. The van der Waals surface area contributed by atoms with Crippen LogP contribution in [0, 0.1) is 19.3 Å². The lowest BCUT2D eigenvalue weighted by atomic mass is 9.74. The predicted octanol–water partition coefficient (Wildman–Crippen LogP) is 2.65. The second kappa shape index (κ2) is 5.49. The molecular weight excluding hydrogens is 244 g/mol. The summed E-state index contributed by atoms with van der Waals surface area (Å²) in [6, 6.07) is 0. The van der Waals surface area contributed by atoms with Gasteiger partial charge >= 0.3 is 0 Å². The molecule has 18 heavy (non-hydrogen) atoms. The normalized spacial score (nSPS) is 24.2. The third kappa shape index (κ3) is 2.64. The maximum atomic E-state index is 12.6. The van der Waals surface area contributed by atoms with Crippen LogP contribution in [-0.2, 0) is 11.2 Å². The van der Waals surface area contributed by atoms with Crippen LogP contribution in [0.5, 0.6) is 0 Å². The fourth-order valence-electron chi connectivity index (χ4n) is 2.64. The van der Waals surface area contributed by atoms with E-state index in [0.29, 0.717) is 12.2 Å². The molecule has 0 saturated carbocycles. The minimum Gasteiger partial charge on any atom is -0.316 e. The SMILES string of the molecule is CCC1(C(=O)Cc2nc(C)c(C)s2)CCCNC1. The Morgan fingerprint density at radius 1 is 1.50 bits per heavy atom. The second-order valence-corrected chi connectivity index (χ2v) is 6.55. The molecule has 0 radical (unpaired) electrons. The van der Waals surface area contributed by atoms with Crippen LogP contribution in [0.15, 0.2) is 0 Å². The van der Waals surface area contributed by atoms with Gasteiger partial charge in [0.2, 0.25) is 0 Å². The molecule has 1 aromatic rings. The molecule has 0 spiro atoms. The number of Topliss-reactive ketones (excluding diaryl/α,β-unsaturated/α-hetero) is 1. The van der Waals surface area contributed by atoms with Gasteiger partial charge in [0.1, 0.15) is 10.8 Å². The number of aromatic nitrogens is 1. The number of carbonyl (C=O) groups excluding carboxylic acids is 1. The van der Waals surface area contributed by atoms with Gasteiger partial charge in [0.25, 0.3) is 0 Å². The highest BCUT2D eigenvalue weighted by molar-refractivity contribution is 7.11. The zero-order chi connectivity index (χ0) is 13.2. The first-order chi connectivity index (χ1) is 8.57. The van der Waals surface area contributed by atoms with Crippen molar-refractivity contribution in [3.8, 4) is 0 Å². The number of aryl methyl sites for hydroxylation is 2. The van der Waals surface area contributed by atoms with Crippen molar-refractivity contribution in [1.29, 1.82) is 0 Å². The molecular formula is C14H22N2OS. The van der Waals surface area contributed by atoms with Crippen LogP contribution >= 0.6 is 11.3 Å². The van der Waals surface area contributed by atoms with Gasteiger partial charge in [-0.1, -0.05) is 6.92 Å². The van der Waals surface area contributed by atoms with Gasteiger partial charge in [-0.15, -0.1) is 11.3 Å². The van der Waals surface area contributed by atoms with E-state index in [0.717, 1.165) is 43.1 Å². The van der Waals surface area contributed by atoms with Gasteiger partial charge in [-0.05, 0) is 39.7 Å². The van der Waals surface area contributed by atoms with Gasteiger partial charge < -0.3 is 5.32 Å². The van der Waals surface area contributed by atoms with E-state index in [1.807, 2.05) is 6.92 Å². The number of ketones is 1. The molecule has 1 aromatic heterocycles. The van der Waals surface area contributed by atoms with Gasteiger partial charge in [0.15, 0.2) is 0 Å². The summed E-state index contributed by atoms with van der Waals surface area (Å²) < 4.78 is 0. The van der Waals surface area contributed by atoms with Crippen molar-refractivity contribution in [1.82, 2.24) is 10.3 Å². The van der Waals surface area contributed by atoms with Crippen LogP contribution in [0.4, 0.5) is 0 Å². The van der Waals surface area contributed by atoms with Gasteiger partial charge in [0.05, 0.1) is 12.1 Å².